The Balaban J connectivity index is 2.20. The van der Waals surface area contributed by atoms with Crippen LogP contribution in [0.1, 0.15) is 54.1 Å². The highest BCUT2D eigenvalue weighted by atomic mass is 35.5. The molecule has 41 heavy (non-hydrogen) atoms. The summed E-state index contributed by atoms with van der Waals surface area (Å²) < 4.78 is 103. The van der Waals surface area contributed by atoms with Crippen molar-refractivity contribution >= 4 is 27.3 Å². The van der Waals surface area contributed by atoms with E-state index < -0.39 is 56.1 Å². The van der Waals surface area contributed by atoms with Gasteiger partial charge in [0, 0.05) is 0 Å². The van der Waals surface area contributed by atoms with Gasteiger partial charge < -0.3 is 5.73 Å². The third-order valence-corrected chi connectivity index (χ3v) is 9.07. The Morgan fingerprint density at radius 2 is 1.20 bits per heavy atom. The minimum atomic E-state index is -5.60. The van der Waals surface area contributed by atoms with Gasteiger partial charge in [-0.05, 0) is 35.1 Å². The lowest BCUT2D eigenvalue weighted by Gasteiger charge is -2.39. The molecule has 0 saturated carbocycles. The van der Waals surface area contributed by atoms with Gasteiger partial charge in [0.05, 0.1) is 22.8 Å². The number of hydrogen-bond acceptors (Lipinski definition) is 3. The van der Waals surface area contributed by atoms with Gasteiger partial charge in [-0.2, -0.15) is 0 Å². The Morgan fingerprint density at radius 3 is 1.68 bits per heavy atom. The van der Waals surface area contributed by atoms with Gasteiger partial charge in [0.2, 0.25) is 5.82 Å². The number of halogens is 6. The molecule has 4 aromatic carbocycles. The molecule has 11 heteroatoms. The number of anilines is 1. The van der Waals surface area contributed by atoms with Crippen LogP contribution in [0.4, 0.5) is 27.6 Å². The van der Waals surface area contributed by atoms with Crippen LogP contribution in [0, 0.1) is 36.0 Å². The molecule has 2 unspecified atom stereocenters. The molecule has 0 saturated heterocycles. The molecule has 0 fully saturated rings. The molecule has 0 aliphatic carbocycles. The molecule has 0 aliphatic rings. The minimum absolute atomic E-state index is 0.0927. The number of nitrogens with zero attached hydrogens (tertiary/aromatic N) is 1. The van der Waals surface area contributed by atoms with Gasteiger partial charge in [-0.3, -0.25) is 4.31 Å². The van der Waals surface area contributed by atoms with E-state index in [1.165, 1.54) is 0 Å². The van der Waals surface area contributed by atoms with Crippen molar-refractivity contribution in [1.29, 1.82) is 0 Å². The molecule has 0 aromatic heterocycles. The van der Waals surface area contributed by atoms with E-state index in [4.69, 9.17) is 17.3 Å². The predicted octanol–water partition coefficient (Wildman–Crippen LogP) is 8.10. The first kappa shape index (κ1) is 30.5. The van der Waals surface area contributed by atoms with E-state index in [9.17, 15) is 21.6 Å². The smallest absolute Gasteiger partial charge is 0.271 e. The zero-order chi connectivity index (χ0) is 30.2. The molecule has 0 spiro atoms. The van der Waals surface area contributed by atoms with E-state index in [0.29, 0.717) is 21.0 Å². The summed E-state index contributed by atoms with van der Waals surface area (Å²) in [4.78, 5) is -2.01. The number of aryl methyl sites for hydroxylation is 1. The van der Waals surface area contributed by atoms with Gasteiger partial charge in [-0.1, -0.05) is 98.2 Å². The van der Waals surface area contributed by atoms with Crippen molar-refractivity contribution in [1.82, 2.24) is 0 Å². The summed E-state index contributed by atoms with van der Waals surface area (Å²) in [6, 6.07) is 16.9. The largest absolute Gasteiger partial charge is 0.322 e. The first-order valence-electron chi connectivity index (χ1n) is 12.5. The molecule has 0 heterocycles. The van der Waals surface area contributed by atoms with Crippen molar-refractivity contribution in [3.8, 4) is 0 Å². The lowest BCUT2D eigenvalue weighted by atomic mass is 9.92. The molecule has 0 bridgehead atoms. The number of sulfonamides is 1. The molecule has 4 aromatic rings. The maximum absolute atomic E-state index is 15.2. The highest BCUT2D eigenvalue weighted by Gasteiger charge is 2.44. The van der Waals surface area contributed by atoms with Crippen LogP contribution in [-0.2, 0) is 10.0 Å². The van der Waals surface area contributed by atoms with Crippen LogP contribution in [0.3, 0.4) is 0 Å². The molecule has 4 rings (SSSR count). The van der Waals surface area contributed by atoms with Gasteiger partial charge in [-0.25, -0.2) is 30.4 Å². The minimum Gasteiger partial charge on any atom is -0.322 e. The van der Waals surface area contributed by atoms with E-state index in [0.717, 1.165) is 0 Å². The van der Waals surface area contributed by atoms with Crippen LogP contribution in [0.5, 0.6) is 0 Å². The lowest BCUT2D eigenvalue weighted by Crippen LogP contribution is -2.42. The fourth-order valence-electron chi connectivity index (χ4n) is 4.68. The predicted molar refractivity (Wildman–Crippen MR) is 149 cm³/mol. The van der Waals surface area contributed by atoms with E-state index in [1.54, 1.807) is 93.6 Å². The molecular weight excluding hydrogens is 583 g/mol. The molecule has 2 N–H and O–H groups in total. The highest BCUT2D eigenvalue weighted by molar-refractivity contribution is 7.92. The van der Waals surface area contributed by atoms with Crippen LogP contribution < -0.4 is 10.0 Å². The summed E-state index contributed by atoms with van der Waals surface area (Å²) >= 11 is 6.74. The van der Waals surface area contributed by atoms with Gasteiger partial charge >= 0.3 is 0 Å². The summed E-state index contributed by atoms with van der Waals surface area (Å²) in [5.74, 6) is -12.7. The summed E-state index contributed by atoms with van der Waals surface area (Å²) in [6.45, 7) is 5.07. The molecule has 0 amide bonds. The Labute approximate surface area is 240 Å². The number of nitrogens with two attached hydrogens (primary N) is 1. The second-order valence-electron chi connectivity index (χ2n) is 9.78. The molecule has 2 atom stereocenters. The first-order chi connectivity index (χ1) is 19.3. The van der Waals surface area contributed by atoms with Gasteiger partial charge in [0.25, 0.3) is 10.0 Å². The second kappa shape index (κ2) is 11.8. The van der Waals surface area contributed by atoms with E-state index in [1.807, 2.05) is 0 Å². The highest BCUT2D eigenvalue weighted by Crippen LogP contribution is 2.47. The van der Waals surface area contributed by atoms with E-state index in [-0.39, 0.29) is 22.2 Å². The Hall–Kier alpha value is -3.47. The second-order valence-corrected chi connectivity index (χ2v) is 11.9. The summed E-state index contributed by atoms with van der Waals surface area (Å²) in [5, 5.41) is -0.0927. The maximum Gasteiger partial charge on any atom is 0.271 e. The summed E-state index contributed by atoms with van der Waals surface area (Å²) in [6.07, 6.45) is 0. The molecule has 0 radical (unpaired) electrons. The average molecular weight is 609 g/mol. The Morgan fingerprint density at radius 1 is 0.732 bits per heavy atom. The van der Waals surface area contributed by atoms with E-state index >= 15 is 8.78 Å². The lowest BCUT2D eigenvalue weighted by molar-refractivity contribution is 0.357. The zero-order valence-electron chi connectivity index (χ0n) is 22.2. The molecular formula is C30H26ClF5N2O2S. The van der Waals surface area contributed by atoms with Crippen LogP contribution in [0.25, 0.3) is 0 Å². The Kier molecular flexibility index (Phi) is 8.77. The maximum atomic E-state index is 15.2. The van der Waals surface area contributed by atoms with Crippen molar-refractivity contribution in [2.24, 2.45) is 5.73 Å². The van der Waals surface area contributed by atoms with Gasteiger partial charge in [0.15, 0.2) is 28.2 Å². The summed E-state index contributed by atoms with van der Waals surface area (Å²) in [5.41, 5.74) is 7.99. The monoisotopic (exact) mass is 608 g/mol. The van der Waals surface area contributed by atoms with Gasteiger partial charge in [0.1, 0.15) is 0 Å². The fraction of sp³-hybridized carbons (Fsp3) is 0.200. The van der Waals surface area contributed by atoms with Crippen molar-refractivity contribution in [2.75, 3.05) is 4.31 Å². The normalized spacial score (nSPS) is 13.3. The quantitative estimate of drug-likeness (QED) is 0.125. The third kappa shape index (κ3) is 5.43. The average Bonchev–Trinajstić information content (AvgIpc) is 2.95. The van der Waals surface area contributed by atoms with Crippen LogP contribution in [0.15, 0.2) is 77.7 Å². The Bertz CT molecular complexity index is 1660. The fourth-order valence-corrected chi connectivity index (χ4v) is 6.82. The molecule has 4 nitrogen and oxygen atoms in total. The van der Waals surface area contributed by atoms with Crippen molar-refractivity contribution in [3.05, 3.63) is 129 Å². The third-order valence-electron chi connectivity index (χ3n) is 6.79. The number of hydrogen-bond donors (Lipinski definition) is 1. The molecule has 216 valence electrons. The van der Waals surface area contributed by atoms with Crippen LogP contribution in [0.2, 0.25) is 5.02 Å². The standard InChI is InChI=1S/C30H26ClF5N2O2S/c1-16(2)20-15-14-17(3)21(31)29(20)38(41(39,40)30-25(35)23(33)22(32)24(34)26(30)36)28(19-12-8-5-9-13-19)27(37)18-10-6-4-7-11-18/h4-16,27-28H,37H2,1-3H3. The summed E-state index contributed by atoms with van der Waals surface area (Å²) in [7, 11) is -5.60. The van der Waals surface area contributed by atoms with Gasteiger partial charge in [-0.15, -0.1) is 0 Å². The zero-order valence-corrected chi connectivity index (χ0v) is 23.7. The SMILES string of the molecule is Cc1ccc(C(C)C)c(N(C(c2ccccc2)C(N)c2ccccc2)S(=O)(=O)c2c(F)c(F)c(F)c(F)c2F)c1Cl. The van der Waals surface area contributed by atoms with Crippen molar-refractivity contribution in [2.45, 2.75) is 43.7 Å². The van der Waals surface area contributed by atoms with Crippen molar-refractivity contribution in [3.63, 3.8) is 0 Å². The number of benzene rings is 4. The molecule has 0 aliphatic heterocycles. The number of rotatable bonds is 8. The van der Waals surface area contributed by atoms with Crippen LogP contribution >= 0.6 is 11.6 Å². The van der Waals surface area contributed by atoms with E-state index in [2.05, 4.69) is 0 Å². The van der Waals surface area contributed by atoms with Crippen molar-refractivity contribution < 1.29 is 30.4 Å². The topological polar surface area (TPSA) is 63.4 Å². The first-order valence-corrected chi connectivity index (χ1v) is 14.3. The van der Waals surface area contributed by atoms with Crippen LogP contribution in [-0.4, -0.2) is 8.42 Å².